The van der Waals surface area contributed by atoms with Gasteiger partial charge in [-0.2, -0.15) is 5.26 Å². The van der Waals surface area contributed by atoms with Gasteiger partial charge >= 0.3 is 5.97 Å². The van der Waals surface area contributed by atoms with Crippen molar-refractivity contribution in [2.45, 2.75) is 12.3 Å². The smallest absolute Gasteiger partial charge is 0.339 e. The summed E-state index contributed by atoms with van der Waals surface area (Å²) in [4.78, 5) is 11.7. The van der Waals surface area contributed by atoms with Crippen molar-refractivity contribution in [1.82, 2.24) is 0 Å². The fraction of sp³-hybridized carbons (Fsp3) is 0.273. The lowest BCUT2D eigenvalue weighted by molar-refractivity contribution is 0.0524. The first-order chi connectivity index (χ1) is 7.63. The Hall–Kier alpha value is -0.860. The number of hydrogen-bond acceptors (Lipinski definition) is 3. The van der Waals surface area contributed by atoms with Crippen molar-refractivity contribution >= 4 is 37.8 Å². The summed E-state index contributed by atoms with van der Waals surface area (Å²) in [6, 6.07) is 5.32. The molecule has 3 nitrogen and oxygen atoms in total. The summed E-state index contributed by atoms with van der Waals surface area (Å²) in [7, 11) is 0. The fourth-order valence-corrected chi connectivity index (χ4v) is 2.37. The second-order valence-corrected chi connectivity index (χ2v) is 4.37. The van der Waals surface area contributed by atoms with Gasteiger partial charge in [0, 0.05) is 9.80 Å². The largest absolute Gasteiger partial charge is 0.462 e. The highest BCUT2D eigenvalue weighted by atomic mass is 79.9. The Balaban J connectivity index is 3.28. The van der Waals surface area contributed by atoms with Gasteiger partial charge in [0.15, 0.2) is 0 Å². The van der Waals surface area contributed by atoms with Crippen LogP contribution in [0.25, 0.3) is 0 Å². The van der Waals surface area contributed by atoms with Crippen molar-refractivity contribution in [1.29, 1.82) is 5.26 Å². The van der Waals surface area contributed by atoms with E-state index in [1.54, 1.807) is 19.1 Å². The predicted octanol–water partition coefficient (Wildman–Crippen LogP) is 3.39. The van der Waals surface area contributed by atoms with Crippen LogP contribution in [0, 0.1) is 11.3 Å². The van der Waals surface area contributed by atoms with E-state index in [2.05, 4.69) is 31.9 Å². The van der Waals surface area contributed by atoms with Crippen molar-refractivity contribution in [3.05, 3.63) is 33.3 Å². The molecular weight excluding hydrogens is 338 g/mol. The van der Waals surface area contributed by atoms with Crippen molar-refractivity contribution in [2.24, 2.45) is 0 Å². The van der Waals surface area contributed by atoms with E-state index in [-0.39, 0.29) is 5.97 Å². The van der Waals surface area contributed by atoms with Gasteiger partial charge in [0.1, 0.15) is 0 Å². The summed E-state index contributed by atoms with van der Waals surface area (Å²) >= 11 is 6.56. The number of carbonyl (C=O) groups excluding carboxylic acids is 1. The number of halogens is 2. The maximum absolute atomic E-state index is 11.7. The summed E-state index contributed by atoms with van der Waals surface area (Å²) < 4.78 is 5.53. The van der Waals surface area contributed by atoms with Crippen LogP contribution < -0.4 is 0 Å². The van der Waals surface area contributed by atoms with Gasteiger partial charge < -0.3 is 4.74 Å². The molecule has 0 N–H and O–H groups in total. The van der Waals surface area contributed by atoms with Gasteiger partial charge in [-0.25, -0.2) is 4.79 Å². The number of esters is 1. The van der Waals surface area contributed by atoms with Crippen LogP contribution in [0.1, 0.15) is 28.4 Å². The normalized spacial score (nSPS) is 9.62. The minimum absolute atomic E-state index is 0.326. The molecule has 0 aliphatic heterocycles. The lowest BCUT2D eigenvalue weighted by atomic mass is 10.1. The van der Waals surface area contributed by atoms with Crippen LogP contribution in [-0.2, 0) is 10.1 Å². The molecular formula is C11H9Br2NO2. The molecule has 0 saturated carbocycles. The number of nitriles is 1. The molecule has 1 aromatic carbocycles. The van der Waals surface area contributed by atoms with E-state index in [1.807, 2.05) is 6.07 Å². The molecule has 0 unspecified atom stereocenters. The van der Waals surface area contributed by atoms with E-state index in [0.717, 1.165) is 5.56 Å². The standard InChI is InChI=1S/C11H9Br2NO2/c1-2-16-11(15)10-8(5-12)3-7(6-14)4-9(10)13/h3-4H,2,5H2,1H3. The molecule has 5 heteroatoms. The van der Waals surface area contributed by atoms with Gasteiger partial charge in [0.2, 0.25) is 0 Å². The third-order valence-electron chi connectivity index (χ3n) is 1.92. The SMILES string of the molecule is CCOC(=O)c1c(Br)cc(C#N)cc1CBr. The fourth-order valence-electron chi connectivity index (χ4n) is 1.27. The van der Waals surface area contributed by atoms with Crippen LogP contribution in [0.5, 0.6) is 0 Å². The molecule has 0 aromatic heterocycles. The Morgan fingerprint density at radius 3 is 2.75 bits per heavy atom. The molecule has 84 valence electrons. The number of ether oxygens (including phenoxy) is 1. The Morgan fingerprint density at radius 1 is 1.56 bits per heavy atom. The zero-order chi connectivity index (χ0) is 12.1. The maximum Gasteiger partial charge on any atom is 0.339 e. The van der Waals surface area contributed by atoms with Gasteiger partial charge in [-0.3, -0.25) is 0 Å². The van der Waals surface area contributed by atoms with E-state index in [4.69, 9.17) is 10.00 Å². The van der Waals surface area contributed by atoms with Crippen molar-refractivity contribution in [3.63, 3.8) is 0 Å². The Labute approximate surface area is 111 Å². The summed E-state index contributed by atoms with van der Waals surface area (Å²) in [5.41, 5.74) is 1.72. The maximum atomic E-state index is 11.7. The third kappa shape index (κ3) is 2.83. The Kier molecular flexibility index (Phi) is 4.97. The van der Waals surface area contributed by atoms with Crippen LogP contribution in [0.3, 0.4) is 0 Å². The average molecular weight is 347 g/mol. The highest BCUT2D eigenvalue weighted by Crippen LogP contribution is 2.25. The highest BCUT2D eigenvalue weighted by molar-refractivity contribution is 9.10. The van der Waals surface area contributed by atoms with E-state index < -0.39 is 0 Å². The molecule has 0 spiro atoms. The van der Waals surface area contributed by atoms with Gasteiger partial charge in [-0.1, -0.05) is 15.9 Å². The highest BCUT2D eigenvalue weighted by Gasteiger charge is 2.17. The van der Waals surface area contributed by atoms with Crippen molar-refractivity contribution < 1.29 is 9.53 Å². The summed E-state index contributed by atoms with van der Waals surface area (Å²) in [5.74, 6) is -0.381. The minimum Gasteiger partial charge on any atom is -0.462 e. The Morgan fingerprint density at radius 2 is 2.25 bits per heavy atom. The first-order valence-electron chi connectivity index (χ1n) is 4.59. The molecule has 1 aromatic rings. The lowest BCUT2D eigenvalue weighted by Gasteiger charge is -2.09. The molecule has 0 radical (unpaired) electrons. The topological polar surface area (TPSA) is 50.1 Å². The first-order valence-corrected chi connectivity index (χ1v) is 6.51. The van der Waals surface area contributed by atoms with Crippen LogP contribution in [0.15, 0.2) is 16.6 Å². The van der Waals surface area contributed by atoms with Crippen LogP contribution in [0.2, 0.25) is 0 Å². The second-order valence-electron chi connectivity index (χ2n) is 2.96. The first kappa shape index (κ1) is 13.2. The number of hydrogen-bond donors (Lipinski definition) is 0. The molecule has 0 bridgehead atoms. The minimum atomic E-state index is -0.381. The van der Waals surface area contributed by atoms with Gasteiger partial charge in [0.25, 0.3) is 0 Å². The number of carbonyl (C=O) groups is 1. The van der Waals surface area contributed by atoms with E-state index >= 15 is 0 Å². The van der Waals surface area contributed by atoms with Crippen LogP contribution in [0.4, 0.5) is 0 Å². The van der Waals surface area contributed by atoms with E-state index in [1.165, 1.54) is 0 Å². The molecule has 0 aliphatic carbocycles. The monoisotopic (exact) mass is 345 g/mol. The zero-order valence-electron chi connectivity index (χ0n) is 8.59. The Bertz CT molecular complexity index is 452. The number of benzene rings is 1. The van der Waals surface area contributed by atoms with Crippen molar-refractivity contribution in [2.75, 3.05) is 6.61 Å². The third-order valence-corrected chi connectivity index (χ3v) is 3.15. The van der Waals surface area contributed by atoms with Gasteiger partial charge in [-0.05, 0) is 40.5 Å². The molecule has 0 saturated heterocycles. The van der Waals surface area contributed by atoms with Crippen molar-refractivity contribution in [3.8, 4) is 6.07 Å². The molecule has 0 atom stereocenters. The average Bonchev–Trinajstić information content (AvgIpc) is 2.27. The zero-order valence-corrected chi connectivity index (χ0v) is 11.8. The van der Waals surface area contributed by atoms with Crippen LogP contribution >= 0.6 is 31.9 Å². The van der Waals surface area contributed by atoms with Gasteiger partial charge in [-0.15, -0.1) is 0 Å². The van der Waals surface area contributed by atoms with Crippen LogP contribution in [-0.4, -0.2) is 12.6 Å². The number of rotatable bonds is 3. The molecule has 16 heavy (non-hydrogen) atoms. The van der Waals surface area contributed by atoms with E-state index in [0.29, 0.717) is 27.5 Å². The molecule has 0 fully saturated rings. The van der Waals surface area contributed by atoms with E-state index in [9.17, 15) is 4.79 Å². The number of alkyl halides is 1. The van der Waals surface area contributed by atoms with Gasteiger partial charge in [0.05, 0.1) is 23.8 Å². The summed E-state index contributed by atoms with van der Waals surface area (Å²) in [6.07, 6.45) is 0. The molecule has 0 heterocycles. The quantitative estimate of drug-likeness (QED) is 0.622. The molecule has 0 aliphatic rings. The lowest BCUT2D eigenvalue weighted by Crippen LogP contribution is -2.09. The number of nitrogens with zero attached hydrogens (tertiary/aromatic N) is 1. The predicted molar refractivity (Wildman–Crippen MR) is 67.4 cm³/mol. The molecule has 0 amide bonds. The summed E-state index contributed by atoms with van der Waals surface area (Å²) in [6.45, 7) is 2.08. The molecule has 1 rings (SSSR count). The summed E-state index contributed by atoms with van der Waals surface area (Å²) in [5, 5.41) is 9.31. The second kappa shape index (κ2) is 6.02.